The SMILES string of the molecule is COCc1nc(C(=O)NC2CCN(C(=O)C3CCCCC3)CC2)cs1. The van der Waals surface area contributed by atoms with Gasteiger partial charge in [0.25, 0.3) is 5.91 Å². The normalized spacial score (nSPS) is 19.8. The minimum absolute atomic E-state index is 0.121. The summed E-state index contributed by atoms with van der Waals surface area (Å²) in [6.07, 6.45) is 7.36. The minimum Gasteiger partial charge on any atom is -0.378 e. The number of thiazole rings is 1. The van der Waals surface area contributed by atoms with Gasteiger partial charge in [-0.05, 0) is 25.7 Å². The molecule has 1 aromatic heterocycles. The van der Waals surface area contributed by atoms with Gasteiger partial charge >= 0.3 is 0 Å². The maximum absolute atomic E-state index is 12.6. The molecule has 1 saturated heterocycles. The molecule has 0 bridgehead atoms. The van der Waals surface area contributed by atoms with E-state index in [-0.39, 0.29) is 17.9 Å². The molecule has 1 saturated carbocycles. The predicted octanol–water partition coefficient (Wildman–Crippen LogP) is 2.59. The van der Waals surface area contributed by atoms with Crippen molar-refractivity contribution in [2.45, 2.75) is 57.6 Å². The average molecular weight is 365 g/mol. The van der Waals surface area contributed by atoms with E-state index < -0.39 is 0 Å². The molecule has 6 nitrogen and oxygen atoms in total. The van der Waals surface area contributed by atoms with Gasteiger partial charge in [-0.2, -0.15) is 0 Å². The number of piperidine rings is 1. The Morgan fingerprint density at radius 2 is 1.96 bits per heavy atom. The highest BCUT2D eigenvalue weighted by atomic mass is 32.1. The zero-order valence-electron chi connectivity index (χ0n) is 14.8. The first-order valence-electron chi connectivity index (χ1n) is 9.20. The minimum atomic E-state index is -0.129. The third kappa shape index (κ3) is 4.79. The number of likely N-dealkylation sites (tertiary alicyclic amines) is 1. The van der Waals surface area contributed by atoms with Crippen molar-refractivity contribution < 1.29 is 14.3 Å². The van der Waals surface area contributed by atoms with Gasteiger partial charge in [-0.15, -0.1) is 11.3 Å². The Morgan fingerprint density at radius 1 is 1.24 bits per heavy atom. The van der Waals surface area contributed by atoms with E-state index in [9.17, 15) is 9.59 Å². The van der Waals surface area contributed by atoms with Gasteiger partial charge in [-0.1, -0.05) is 19.3 Å². The summed E-state index contributed by atoms with van der Waals surface area (Å²) in [7, 11) is 1.61. The molecule has 0 spiro atoms. The largest absolute Gasteiger partial charge is 0.378 e. The molecule has 0 unspecified atom stereocenters. The van der Waals surface area contributed by atoms with Crippen LogP contribution in [0.5, 0.6) is 0 Å². The third-order valence-corrected chi connectivity index (χ3v) is 5.97. The Balaban J connectivity index is 1.45. The number of methoxy groups -OCH3 is 1. The number of nitrogens with one attached hydrogen (secondary N) is 1. The molecular formula is C18H27N3O3S. The summed E-state index contributed by atoms with van der Waals surface area (Å²) in [4.78, 5) is 31.2. The summed E-state index contributed by atoms with van der Waals surface area (Å²) in [6, 6.07) is 0.121. The van der Waals surface area contributed by atoms with Crippen LogP contribution in [0.15, 0.2) is 5.38 Å². The number of amides is 2. The topological polar surface area (TPSA) is 71.5 Å². The molecule has 1 aliphatic heterocycles. The van der Waals surface area contributed by atoms with E-state index in [4.69, 9.17) is 4.74 Å². The van der Waals surface area contributed by atoms with E-state index in [1.165, 1.54) is 30.6 Å². The van der Waals surface area contributed by atoms with E-state index in [1.54, 1.807) is 12.5 Å². The fraction of sp³-hybridized carbons (Fsp3) is 0.722. The fourth-order valence-electron chi connectivity index (χ4n) is 3.72. The summed E-state index contributed by atoms with van der Waals surface area (Å²) >= 11 is 1.43. The third-order valence-electron chi connectivity index (χ3n) is 5.15. The summed E-state index contributed by atoms with van der Waals surface area (Å²) in [5, 5.41) is 5.63. The van der Waals surface area contributed by atoms with Gasteiger partial charge in [-0.3, -0.25) is 9.59 Å². The van der Waals surface area contributed by atoms with E-state index in [0.29, 0.717) is 18.2 Å². The summed E-state index contributed by atoms with van der Waals surface area (Å²) in [5.74, 6) is 0.429. The average Bonchev–Trinajstić information content (AvgIpc) is 3.12. The zero-order chi connectivity index (χ0) is 17.6. The molecule has 7 heteroatoms. The molecular weight excluding hydrogens is 338 g/mol. The maximum atomic E-state index is 12.6. The number of nitrogens with zero attached hydrogens (tertiary/aromatic N) is 2. The number of aromatic nitrogens is 1. The fourth-order valence-corrected chi connectivity index (χ4v) is 4.46. The number of carbonyl (C=O) groups is 2. The molecule has 2 fully saturated rings. The molecule has 138 valence electrons. The lowest BCUT2D eigenvalue weighted by molar-refractivity contribution is -0.137. The standard InChI is InChI=1S/C18H27N3O3S/c1-24-11-16-20-15(12-25-16)17(22)19-14-7-9-21(10-8-14)18(23)13-5-3-2-4-6-13/h12-14H,2-11H2,1H3,(H,19,22). The van der Waals surface area contributed by atoms with E-state index in [2.05, 4.69) is 10.3 Å². The van der Waals surface area contributed by atoms with Gasteiger partial charge in [0.1, 0.15) is 10.7 Å². The molecule has 2 aliphatic rings. The monoisotopic (exact) mass is 365 g/mol. The first-order chi connectivity index (χ1) is 12.2. The van der Waals surface area contributed by atoms with Crippen molar-refractivity contribution in [3.8, 4) is 0 Å². The first-order valence-corrected chi connectivity index (χ1v) is 10.1. The molecule has 0 radical (unpaired) electrons. The predicted molar refractivity (Wildman–Crippen MR) is 96.5 cm³/mol. The molecule has 3 rings (SSSR count). The van der Waals surface area contributed by atoms with Crippen LogP contribution in [0, 0.1) is 5.92 Å². The molecule has 2 heterocycles. The van der Waals surface area contributed by atoms with Gasteiger partial charge in [0.15, 0.2) is 0 Å². The van der Waals surface area contributed by atoms with Crippen LogP contribution in [-0.2, 0) is 16.1 Å². The summed E-state index contributed by atoms with van der Waals surface area (Å²) in [6.45, 7) is 1.91. The van der Waals surface area contributed by atoms with Crippen molar-refractivity contribution in [1.82, 2.24) is 15.2 Å². The van der Waals surface area contributed by atoms with Crippen molar-refractivity contribution in [2.24, 2.45) is 5.92 Å². The van der Waals surface area contributed by atoms with Crippen molar-refractivity contribution in [1.29, 1.82) is 0 Å². The second-order valence-corrected chi connectivity index (χ2v) is 7.91. The van der Waals surface area contributed by atoms with Gasteiger partial charge < -0.3 is 15.0 Å². The Hall–Kier alpha value is -1.47. The number of rotatable bonds is 5. The van der Waals surface area contributed by atoms with E-state index in [0.717, 1.165) is 43.8 Å². The van der Waals surface area contributed by atoms with Crippen LogP contribution in [0.2, 0.25) is 0 Å². The molecule has 0 aromatic carbocycles. The van der Waals surface area contributed by atoms with Crippen LogP contribution in [0.4, 0.5) is 0 Å². The van der Waals surface area contributed by atoms with Crippen LogP contribution in [0.25, 0.3) is 0 Å². The Labute approximate surface area is 153 Å². The second-order valence-electron chi connectivity index (χ2n) is 6.97. The van der Waals surface area contributed by atoms with Gasteiger partial charge in [0, 0.05) is 37.5 Å². The van der Waals surface area contributed by atoms with Crippen LogP contribution >= 0.6 is 11.3 Å². The van der Waals surface area contributed by atoms with E-state index in [1.807, 2.05) is 4.90 Å². The van der Waals surface area contributed by atoms with Gasteiger partial charge in [0.2, 0.25) is 5.91 Å². The van der Waals surface area contributed by atoms with Gasteiger partial charge in [-0.25, -0.2) is 4.98 Å². The lowest BCUT2D eigenvalue weighted by atomic mass is 9.87. The Bertz CT molecular complexity index is 590. The van der Waals surface area contributed by atoms with Crippen molar-refractivity contribution in [3.05, 3.63) is 16.1 Å². The van der Waals surface area contributed by atoms with Crippen LogP contribution in [0.1, 0.15) is 60.4 Å². The maximum Gasteiger partial charge on any atom is 0.270 e. The molecule has 1 aliphatic carbocycles. The number of ether oxygens (including phenoxy) is 1. The van der Waals surface area contributed by atoms with Crippen LogP contribution in [-0.4, -0.2) is 47.9 Å². The molecule has 2 amide bonds. The molecule has 25 heavy (non-hydrogen) atoms. The zero-order valence-corrected chi connectivity index (χ0v) is 15.6. The van der Waals surface area contributed by atoms with Crippen LogP contribution < -0.4 is 5.32 Å². The number of hydrogen-bond acceptors (Lipinski definition) is 5. The molecule has 1 N–H and O–H groups in total. The van der Waals surface area contributed by atoms with E-state index >= 15 is 0 Å². The first kappa shape index (κ1) is 18.3. The highest BCUT2D eigenvalue weighted by Gasteiger charge is 2.29. The quantitative estimate of drug-likeness (QED) is 0.871. The molecule has 1 aromatic rings. The number of hydrogen-bond donors (Lipinski definition) is 1. The summed E-state index contributed by atoms with van der Waals surface area (Å²) in [5.41, 5.74) is 0.456. The van der Waals surface area contributed by atoms with Crippen molar-refractivity contribution in [2.75, 3.05) is 20.2 Å². The smallest absolute Gasteiger partial charge is 0.270 e. The van der Waals surface area contributed by atoms with Crippen molar-refractivity contribution in [3.63, 3.8) is 0 Å². The van der Waals surface area contributed by atoms with Crippen molar-refractivity contribution >= 4 is 23.2 Å². The highest BCUT2D eigenvalue weighted by Crippen LogP contribution is 2.26. The lowest BCUT2D eigenvalue weighted by Crippen LogP contribution is -2.48. The Morgan fingerprint density at radius 3 is 2.64 bits per heavy atom. The Kier molecular flexibility index (Phi) is 6.42. The van der Waals surface area contributed by atoms with Gasteiger partial charge in [0.05, 0.1) is 6.61 Å². The lowest BCUT2D eigenvalue weighted by Gasteiger charge is -2.35. The highest BCUT2D eigenvalue weighted by molar-refractivity contribution is 7.09. The molecule has 0 atom stereocenters. The van der Waals surface area contributed by atoms with Crippen LogP contribution in [0.3, 0.4) is 0 Å². The summed E-state index contributed by atoms with van der Waals surface area (Å²) < 4.78 is 5.03. The number of carbonyl (C=O) groups excluding carboxylic acids is 2. The second kappa shape index (κ2) is 8.76.